The largest absolute Gasteiger partial charge is 0.463 e. The second-order valence-corrected chi connectivity index (χ2v) is 5.45. The van der Waals surface area contributed by atoms with Crippen LogP contribution >= 0.6 is 0 Å². The fourth-order valence-electron chi connectivity index (χ4n) is 2.46. The molecule has 1 aliphatic heterocycles. The molecule has 0 aromatic rings. The summed E-state index contributed by atoms with van der Waals surface area (Å²) >= 11 is 0. The predicted molar refractivity (Wildman–Crippen MR) is 83.2 cm³/mol. The monoisotopic (exact) mass is 372 g/mol. The summed E-state index contributed by atoms with van der Waals surface area (Å²) in [5.41, 5.74) is 8.74. The van der Waals surface area contributed by atoms with Gasteiger partial charge >= 0.3 is 17.9 Å². The molecule has 1 heterocycles. The number of nitrogens with one attached hydrogen (secondary N) is 1. The van der Waals surface area contributed by atoms with Gasteiger partial charge in [0, 0.05) is 32.6 Å². The Balaban J connectivity index is 3.28. The van der Waals surface area contributed by atoms with E-state index in [1.807, 2.05) is 0 Å². The molecule has 1 rings (SSSR count). The molecule has 0 bridgehead atoms. The quantitative estimate of drug-likeness (QED) is 0.223. The number of carbonyl (C=O) groups is 4. The smallest absolute Gasteiger partial charge is 0.303 e. The van der Waals surface area contributed by atoms with E-state index in [0.717, 1.165) is 20.8 Å². The fraction of sp³-hybridized carbons (Fsp3) is 0.714. The summed E-state index contributed by atoms with van der Waals surface area (Å²) in [7, 11) is 0. The summed E-state index contributed by atoms with van der Waals surface area (Å²) < 4.78 is 20.8. The van der Waals surface area contributed by atoms with Crippen LogP contribution in [0.3, 0.4) is 0 Å². The zero-order valence-electron chi connectivity index (χ0n) is 14.7. The highest BCUT2D eigenvalue weighted by atomic mass is 16.6. The number of hydrogen-bond acceptors (Lipinski definition) is 9. The van der Waals surface area contributed by atoms with Crippen LogP contribution in [0.5, 0.6) is 0 Å². The molecule has 5 atom stereocenters. The maximum atomic E-state index is 11.5. The summed E-state index contributed by atoms with van der Waals surface area (Å²) in [5, 5.41) is 5.89. The Bertz CT molecular complexity index is 618. The molecule has 1 fully saturated rings. The summed E-state index contributed by atoms with van der Waals surface area (Å²) in [6.07, 6.45) is -4.82. The minimum Gasteiger partial charge on any atom is -0.463 e. The van der Waals surface area contributed by atoms with E-state index >= 15 is 0 Å². The molecule has 0 aromatic heterocycles. The van der Waals surface area contributed by atoms with Crippen LogP contribution in [0.4, 0.5) is 0 Å². The lowest BCUT2D eigenvalue weighted by Gasteiger charge is -2.43. The lowest BCUT2D eigenvalue weighted by Crippen LogP contribution is -2.65. The van der Waals surface area contributed by atoms with Gasteiger partial charge in [-0.05, 0) is 5.53 Å². The Morgan fingerprint density at radius 3 is 2.08 bits per heavy atom. The zero-order valence-corrected chi connectivity index (χ0v) is 14.7. The Morgan fingerprint density at radius 1 is 1.04 bits per heavy atom. The lowest BCUT2D eigenvalue weighted by atomic mass is 9.95. The van der Waals surface area contributed by atoms with Gasteiger partial charge in [0.05, 0.1) is 0 Å². The molecule has 144 valence electrons. The minimum absolute atomic E-state index is 0.352. The van der Waals surface area contributed by atoms with Gasteiger partial charge < -0.3 is 24.3 Å². The van der Waals surface area contributed by atoms with Crippen LogP contribution in [-0.4, -0.2) is 61.0 Å². The molecule has 1 amide bonds. The number of ether oxygens (including phenoxy) is 4. The SMILES string of the molecule is CC(=O)N[C@@H]1[C@@H](OC(C)=O)[C@@H](OC(C)=O)[C@@H](COC(C)=O)O[C@H]1N=[N+]=[N-]. The zero-order chi connectivity index (χ0) is 19.9. The second kappa shape index (κ2) is 9.59. The first-order valence-corrected chi connectivity index (χ1v) is 7.60. The minimum atomic E-state index is -1.29. The molecular weight excluding hydrogens is 352 g/mol. The number of rotatable bonds is 6. The molecule has 1 aliphatic rings. The van der Waals surface area contributed by atoms with E-state index in [-0.39, 0.29) is 6.61 Å². The molecule has 0 radical (unpaired) electrons. The first-order chi connectivity index (χ1) is 12.1. The highest BCUT2D eigenvalue weighted by Gasteiger charge is 2.50. The Hall–Kier alpha value is -2.85. The number of hydrogen-bond donors (Lipinski definition) is 1. The molecule has 0 aliphatic carbocycles. The Kier molecular flexibility index (Phi) is 7.81. The normalized spacial score (nSPS) is 27.5. The topological polar surface area (TPSA) is 166 Å². The predicted octanol–water partition coefficient (Wildman–Crippen LogP) is -0.0472. The average Bonchev–Trinajstić information content (AvgIpc) is 2.50. The molecule has 12 nitrogen and oxygen atoms in total. The number of carbonyl (C=O) groups excluding carboxylic acids is 4. The maximum Gasteiger partial charge on any atom is 0.303 e. The first kappa shape index (κ1) is 21.2. The van der Waals surface area contributed by atoms with Gasteiger partial charge in [-0.15, -0.1) is 0 Å². The highest BCUT2D eigenvalue weighted by molar-refractivity contribution is 5.73. The molecule has 1 N–H and O–H groups in total. The molecule has 0 aromatic carbocycles. The lowest BCUT2D eigenvalue weighted by molar-refractivity contribution is -0.222. The molecular formula is C14H20N4O8. The van der Waals surface area contributed by atoms with Crippen LogP contribution in [0.2, 0.25) is 0 Å². The summed E-state index contributed by atoms with van der Waals surface area (Å²) in [5.74, 6) is -2.58. The number of nitrogens with zero attached hydrogens (tertiary/aromatic N) is 3. The average molecular weight is 372 g/mol. The van der Waals surface area contributed by atoms with Crippen LogP contribution in [0.1, 0.15) is 27.7 Å². The third-order valence-corrected chi connectivity index (χ3v) is 3.26. The molecule has 0 saturated carbocycles. The highest BCUT2D eigenvalue weighted by Crippen LogP contribution is 2.28. The van der Waals surface area contributed by atoms with Crippen molar-refractivity contribution >= 4 is 23.8 Å². The van der Waals surface area contributed by atoms with E-state index in [2.05, 4.69) is 15.3 Å². The van der Waals surface area contributed by atoms with Crippen molar-refractivity contribution in [2.45, 2.75) is 58.3 Å². The maximum absolute atomic E-state index is 11.5. The van der Waals surface area contributed by atoms with Crippen molar-refractivity contribution in [1.29, 1.82) is 0 Å². The van der Waals surface area contributed by atoms with E-state index in [9.17, 15) is 19.2 Å². The van der Waals surface area contributed by atoms with Crippen molar-refractivity contribution < 1.29 is 38.1 Å². The molecule has 1 saturated heterocycles. The van der Waals surface area contributed by atoms with Gasteiger partial charge in [0.2, 0.25) is 5.91 Å². The first-order valence-electron chi connectivity index (χ1n) is 7.60. The van der Waals surface area contributed by atoms with Crippen molar-refractivity contribution in [3.05, 3.63) is 10.4 Å². The van der Waals surface area contributed by atoms with Gasteiger partial charge in [-0.3, -0.25) is 19.2 Å². The summed E-state index contributed by atoms with van der Waals surface area (Å²) in [6.45, 7) is 4.26. The third-order valence-electron chi connectivity index (χ3n) is 3.26. The van der Waals surface area contributed by atoms with Gasteiger partial charge in [0.1, 0.15) is 18.8 Å². The number of esters is 3. The van der Waals surface area contributed by atoms with Crippen molar-refractivity contribution in [2.75, 3.05) is 6.61 Å². The van der Waals surface area contributed by atoms with Crippen molar-refractivity contribution in [3.63, 3.8) is 0 Å². The molecule has 26 heavy (non-hydrogen) atoms. The number of amides is 1. The number of azide groups is 1. The van der Waals surface area contributed by atoms with Gasteiger partial charge in [-0.2, -0.15) is 0 Å². The molecule has 12 heteroatoms. The van der Waals surface area contributed by atoms with Gasteiger partial charge in [-0.25, -0.2) is 0 Å². The van der Waals surface area contributed by atoms with Crippen molar-refractivity contribution in [1.82, 2.24) is 5.32 Å². The second-order valence-electron chi connectivity index (χ2n) is 5.45. The van der Waals surface area contributed by atoms with E-state index in [1.165, 1.54) is 6.92 Å². The van der Waals surface area contributed by atoms with Crippen molar-refractivity contribution in [2.24, 2.45) is 5.11 Å². The third kappa shape index (κ3) is 6.22. The fourth-order valence-corrected chi connectivity index (χ4v) is 2.46. The van der Waals surface area contributed by atoms with Crippen molar-refractivity contribution in [3.8, 4) is 0 Å². The van der Waals surface area contributed by atoms with Crippen LogP contribution in [0.25, 0.3) is 10.4 Å². The van der Waals surface area contributed by atoms with Crippen LogP contribution in [0, 0.1) is 0 Å². The van der Waals surface area contributed by atoms with Gasteiger partial charge in [-0.1, -0.05) is 5.11 Å². The molecule has 0 spiro atoms. The van der Waals surface area contributed by atoms with E-state index < -0.39 is 54.4 Å². The van der Waals surface area contributed by atoms with Crippen LogP contribution in [-0.2, 0) is 38.1 Å². The summed E-state index contributed by atoms with van der Waals surface area (Å²) in [6, 6.07) is -1.12. The van der Waals surface area contributed by atoms with E-state index in [0.29, 0.717) is 0 Å². The van der Waals surface area contributed by atoms with Crippen LogP contribution in [0.15, 0.2) is 5.11 Å². The van der Waals surface area contributed by atoms with Crippen LogP contribution < -0.4 is 5.32 Å². The standard InChI is InChI=1S/C14H20N4O8/c1-6(19)16-11-13(25-9(4)22)12(24-8(3)21)10(5-23-7(2)20)26-14(11)17-18-15/h10-14H,5H2,1-4H3,(H,16,19)/t10-,11-,12+,13-,14-/m1/s1. The Labute approximate surface area is 148 Å². The Morgan fingerprint density at radius 2 is 1.62 bits per heavy atom. The summed E-state index contributed by atoms with van der Waals surface area (Å²) in [4.78, 5) is 48.2. The molecule has 0 unspecified atom stereocenters. The van der Waals surface area contributed by atoms with E-state index in [4.69, 9.17) is 24.5 Å². The van der Waals surface area contributed by atoms with Gasteiger partial charge in [0.15, 0.2) is 18.4 Å². The van der Waals surface area contributed by atoms with Gasteiger partial charge in [0.25, 0.3) is 0 Å². The van der Waals surface area contributed by atoms with E-state index in [1.54, 1.807) is 0 Å².